The number of pyridine rings is 1. The zero-order valence-electron chi connectivity index (χ0n) is 10.8. The van der Waals surface area contributed by atoms with Gasteiger partial charge in [-0.05, 0) is 36.6 Å². The van der Waals surface area contributed by atoms with Crippen LogP contribution < -0.4 is 10.1 Å². The Balaban J connectivity index is 1.70. The van der Waals surface area contributed by atoms with Crippen LogP contribution in [0.3, 0.4) is 0 Å². The van der Waals surface area contributed by atoms with E-state index in [4.69, 9.17) is 4.74 Å². The highest BCUT2D eigenvalue weighted by atomic mass is 19.1. The third-order valence-electron chi connectivity index (χ3n) is 3.08. The summed E-state index contributed by atoms with van der Waals surface area (Å²) in [4.78, 5) is 4.03. The molecule has 1 aliphatic rings. The quantitative estimate of drug-likeness (QED) is 0.908. The van der Waals surface area contributed by atoms with Crippen LogP contribution in [0.1, 0.15) is 18.4 Å². The molecule has 1 N–H and O–H groups in total. The summed E-state index contributed by atoms with van der Waals surface area (Å²) in [6.07, 6.45) is 4.05. The smallest absolute Gasteiger partial charge is 0.219 e. The number of nitrogens with one attached hydrogen (secondary N) is 1. The maximum Gasteiger partial charge on any atom is 0.219 e. The maximum absolute atomic E-state index is 13.5. The van der Waals surface area contributed by atoms with Crippen molar-refractivity contribution in [2.75, 3.05) is 0 Å². The van der Waals surface area contributed by atoms with Gasteiger partial charge in [0, 0.05) is 30.9 Å². The van der Waals surface area contributed by atoms with Crippen molar-refractivity contribution in [1.82, 2.24) is 10.3 Å². The van der Waals surface area contributed by atoms with Crippen LogP contribution in [0.4, 0.5) is 8.78 Å². The second kappa shape index (κ2) is 5.54. The van der Waals surface area contributed by atoms with E-state index in [-0.39, 0.29) is 5.75 Å². The van der Waals surface area contributed by atoms with Gasteiger partial charge in [-0.25, -0.2) is 13.8 Å². The standard InChI is InChI=1S/C15H14F2N2O/c16-11-1-4-14(13(17)8-11)20-15-7-10(5-6-18-15)9-19-12-2-3-12/h1,4-8,12,19H,2-3,9H2. The molecule has 20 heavy (non-hydrogen) atoms. The molecule has 0 saturated heterocycles. The largest absolute Gasteiger partial charge is 0.436 e. The molecule has 1 aromatic carbocycles. The second-order valence-corrected chi connectivity index (χ2v) is 4.83. The average Bonchev–Trinajstić information content (AvgIpc) is 3.24. The zero-order chi connectivity index (χ0) is 13.9. The monoisotopic (exact) mass is 276 g/mol. The predicted molar refractivity (Wildman–Crippen MR) is 70.5 cm³/mol. The Labute approximate surface area is 115 Å². The summed E-state index contributed by atoms with van der Waals surface area (Å²) in [7, 11) is 0. The second-order valence-electron chi connectivity index (χ2n) is 4.83. The number of halogens is 2. The average molecular weight is 276 g/mol. The van der Waals surface area contributed by atoms with Gasteiger partial charge in [-0.1, -0.05) is 0 Å². The topological polar surface area (TPSA) is 34.1 Å². The molecule has 104 valence electrons. The van der Waals surface area contributed by atoms with Crippen LogP contribution in [0.25, 0.3) is 0 Å². The lowest BCUT2D eigenvalue weighted by molar-refractivity contribution is 0.423. The molecule has 0 bridgehead atoms. The van der Waals surface area contributed by atoms with E-state index in [0.29, 0.717) is 11.9 Å². The van der Waals surface area contributed by atoms with Crippen LogP contribution in [0.2, 0.25) is 0 Å². The van der Waals surface area contributed by atoms with E-state index in [1.807, 2.05) is 6.07 Å². The minimum atomic E-state index is -0.742. The molecular weight excluding hydrogens is 262 g/mol. The molecular formula is C15H14F2N2O. The molecule has 2 aromatic rings. The first kappa shape index (κ1) is 13.0. The van der Waals surface area contributed by atoms with Gasteiger partial charge >= 0.3 is 0 Å². The van der Waals surface area contributed by atoms with Crippen LogP contribution in [0.15, 0.2) is 36.5 Å². The minimum Gasteiger partial charge on any atom is -0.436 e. The molecule has 1 aliphatic carbocycles. The Kier molecular flexibility index (Phi) is 3.60. The summed E-state index contributed by atoms with van der Waals surface area (Å²) in [5, 5.41) is 3.38. The summed E-state index contributed by atoms with van der Waals surface area (Å²) in [5.41, 5.74) is 1.02. The molecule has 0 amide bonds. The fraction of sp³-hybridized carbons (Fsp3) is 0.267. The third kappa shape index (κ3) is 3.30. The van der Waals surface area contributed by atoms with Crippen LogP contribution >= 0.6 is 0 Å². The van der Waals surface area contributed by atoms with Crippen LogP contribution in [0.5, 0.6) is 11.6 Å². The molecule has 0 aliphatic heterocycles. The first-order chi connectivity index (χ1) is 9.70. The van der Waals surface area contributed by atoms with E-state index in [1.54, 1.807) is 12.3 Å². The molecule has 5 heteroatoms. The fourth-order valence-electron chi connectivity index (χ4n) is 1.84. The van der Waals surface area contributed by atoms with E-state index >= 15 is 0 Å². The molecule has 1 fully saturated rings. The van der Waals surface area contributed by atoms with Crippen molar-refractivity contribution in [3.8, 4) is 11.6 Å². The van der Waals surface area contributed by atoms with E-state index < -0.39 is 11.6 Å². The fourth-order valence-corrected chi connectivity index (χ4v) is 1.84. The van der Waals surface area contributed by atoms with Gasteiger partial charge in [0.2, 0.25) is 5.88 Å². The molecule has 1 saturated carbocycles. The van der Waals surface area contributed by atoms with E-state index in [0.717, 1.165) is 24.2 Å². The number of benzene rings is 1. The first-order valence-corrected chi connectivity index (χ1v) is 6.52. The SMILES string of the molecule is Fc1ccc(Oc2cc(CNC3CC3)ccn2)c(F)c1. The molecule has 1 heterocycles. The Morgan fingerprint density at radius 1 is 1.20 bits per heavy atom. The number of hydrogen-bond donors (Lipinski definition) is 1. The number of nitrogens with zero attached hydrogens (tertiary/aromatic N) is 1. The van der Waals surface area contributed by atoms with Gasteiger partial charge in [-0.2, -0.15) is 0 Å². The maximum atomic E-state index is 13.5. The van der Waals surface area contributed by atoms with Gasteiger partial charge < -0.3 is 10.1 Å². The lowest BCUT2D eigenvalue weighted by Gasteiger charge is -2.08. The van der Waals surface area contributed by atoms with Gasteiger partial charge in [0.05, 0.1) is 0 Å². The highest BCUT2D eigenvalue weighted by Gasteiger charge is 2.20. The Bertz CT molecular complexity index is 615. The van der Waals surface area contributed by atoms with Crippen LogP contribution in [-0.2, 0) is 6.54 Å². The Morgan fingerprint density at radius 2 is 2.05 bits per heavy atom. The summed E-state index contributed by atoms with van der Waals surface area (Å²) in [6.45, 7) is 0.732. The van der Waals surface area contributed by atoms with Gasteiger partial charge in [-0.15, -0.1) is 0 Å². The number of hydrogen-bond acceptors (Lipinski definition) is 3. The van der Waals surface area contributed by atoms with E-state index in [2.05, 4.69) is 10.3 Å². The molecule has 0 unspecified atom stereocenters. The van der Waals surface area contributed by atoms with E-state index in [9.17, 15) is 8.78 Å². The van der Waals surface area contributed by atoms with Crippen molar-refractivity contribution in [2.45, 2.75) is 25.4 Å². The number of ether oxygens (including phenoxy) is 1. The first-order valence-electron chi connectivity index (χ1n) is 6.52. The summed E-state index contributed by atoms with van der Waals surface area (Å²) < 4.78 is 31.7. The van der Waals surface area contributed by atoms with Gasteiger partial charge in [0.15, 0.2) is 11.6 Å². The highest BCUT2D eigenvalue weighted by Crippen LogP contribution is 2.24. The molecule has 0 spiro atoms. The van der Waals surface area contributed by atoms with Crippen LogP contribution in [-0.4, -0.2) is 11.0 Å². The van der Waals surface area contributed by atoms with Crippen molar-refractivity contribution in [1.29, 1.82) is 0 Å². The van der Waals surface area contributed by atoms with Gasteiger partial charge in [-0.3, -0.25) is 0 Å². The number of rotatable bonds is 5. The lowest BCUT2D eigenvalue weighted by atomic mass is 10.2. The molecule has 0 atom stereocenters. The highest BCUT2D eigenvalue weighted by molar-refractivity contribution is 5.30. The predicted octanol–water partition coefficient (Wildman–Crippen LogP) is 3.40. The van der Waals surface area contributed by atoms with E-state index in [1.165, 1.54) is 18.9 Å². The van der Waals surface area contributed by atoms with Crippen LogP contribution in [0, 0.1) is 11.6 Å². The lowest BCUT2D eigenvalue weighted by Crippen LogP contribution is -2.15. The Hall–Kier alpha value is -2.01. The molecule has 0 radical (unpaired) electrons. The minimum absolute atomic E-state index is 0.0359. The van der Waals surface area contributed by atoms with Crippen molar-refractivity contribution in [3.63, 3.8) is 0 Å². The van der Waals surface area contributed by atoms with Gasteiger partial charge in [0.1, 0.15) is 5.82 Å². The molecule has 1 aromatic heterocycles. The van der Waals surface area contributed by atoms with Crippen molar-refractivity contribution >= 4 is 0 Å². The third-order valence-corrected chi connectivity index (χ3v) is 3.08. The normalized spacial score (nSPS) is 14.3. The van der Waals surface area contributed by atoms with Crippen molar-refractivity contribution in [3.05, 3.63) is 53.7 Å². The molecule has 3 nitrogen and oxygen atoms in total. The summed E-state index contributed by atoms with van der Waals surface area (Å²) in [6, 6.07) is 7.43. The number of aromatic nitrogens is 1. The summed E-state index contributed by atoms with van der Waals surface area (Å²) in [5.74, 6) is -1.12. The molecule has 3 rings (SSSR count). The zero-order valence-corrected chi connectivity index (χ0v) is 10.8. The Morgan fingerprint density at radius 3 is 2.80 bits per heavy atom. The summed E-state index contributed by atoms with van der Waals surface area (Å²) >= 11 is 0. The van der Waals surface area contributed by atoms with Gasteiger partial charge in [0.25, 0.3) is 0 Å². The van der Waals surface area contributed by atoms with Crippen molar-refractivity contribution < 1.29 is 13.5 Å². The van der Waals surface area contributed by atoms with Crippen molar-refractivity contribution in [2.24, 2.45) is 0 Å².